The Bertz CT molecular complexity index is 308. The largest absolute Gasteiger partial charge is 0.468 e. The molecule has 0 heterocycles. The molecule has 1 unspecified atom stereocenters. The molecule has 5 nitrogen and oxygen atoms in total. The van der Waals surface area contributed by atoms with Crippen LogP contribution >= 0.6 is 0 Å². The van der Waals surface area contributed by atoms with Gasteiger partial charge in [-0.15, -0.1) is 0 Å². The fraction of sp³-hybridized carbons (Fsp3) is 0.938. The second kappa shape index (κ2) is 9.38. The van der Waals surface area contributed by atoms with E-state index in [0.29, 0.717) is 19.1 Å². The second-order valence-corrected chi connectivity index (χ2v) is 5.73. The molecule has 0 aromatic carbocycles. The van der Waals surface area contributed by atoms with E-state index in [-0.39, 0.29) is 5.97 Å². The molecule has 0 radical (unpaired) electrons. The third-order valence-corrected chi connectivity index (χ3v) is 4.19. The standard InChI is InChI=1S/C16H32N2O3/c1-5-10-17-16(14-8-9-14,15(19)20-4)13-18(6-2)11-12-21-7-3/h14,17H,5-13H2,1-4H3. The van der Waals surface area contributed by atoms with Crippen LogP contribution in [0, 0.1) is 5.92 Å². The van der Waals surface area contributed by atoms with E-state index in [1.54, 1.807) is 0 Å². The Morgan fingerprint density at radius 2 is 2.05 bits per heavy atom. The molecule has 124 valence electrons. The van der Waals surface area contributed by atoms with Crippen LogP contribution in [0.5, 0.6) is 0 Å². The van der Waals surface area contributed by atoms with Crippen LogP contribution in [0.25, 0.3) is 0 Å². The number of carbonyl (C=O) groups is 1. The number of ether oxygens (including phenoxy) is 2. The third kappa shape index (κ3) is 5.24. The summed E-state index contributed by atoms with van der Waals surface area (Å²) in [6, 6.07) is 0. The molecular formula is C16H32N2O3. The minimum atomic E-state index is -0.549. The number of hydrogen-bond donors (Lipinski definition) is 1. The first-order valence-corrected chi connectivity index (χ1v) is 8.28. The lowest BCUT2D eigenvalue weighted by Gasteiger charge is -2.37. The first-order chi connectivity index (χ1) is 10.1. The highest BCUT2D eigenvalue weighted by Gasteiger charge is 2.52. The lowest BCUT2D eigenvalue weighted by molar-refractivity contribution is -0.151. The molecule has 1 aliphatic rings. The van der Waals surface area contributed by atoms with Crippen molar-refractivity contribution in [1.82, 2.24) is 10.2 Å². The molecule has 1 saturated carbocycles. The van der Waals surface area contributed by atoms with Crippen molar-refractivity contribution < 1.29 is 14.3 Å². The number of rotatable bonds is 12. The zero-order chi connectivity index (χ0) is 15.7. The van der Waals surface area contributed by atoms with Crippen molar-refractivity contribution in [2.45, 2.75) is 45.6 Å². The van der Waals surface area contributed by atoms with Gasteiger partial charge < -0.3 is 14.8 Å². The monoisotopic (exact) mass is 300 g/mol. The molecule has 0 bridgehead atoms. The smallest absolute Gasteiger partial charge is 0.327 e. The number of methoxy groups -OCH3 is 1. The average Bonchev–Trinajstić information content (AvgIpc) is 3.34. The average molecular weight is 300 g/mol. The molecule has 0 aliphatic heterocycles. The Hall–Kier alpha value is -0.650. The first kappa shape index (κ1) is 18.4. The van der Waals surface area contributed by atoms with E-state index in [9.17, 15) is 4.79 Å². The predicted octanol–water partition coefficient (Wildman–Crippen LogP) is 1.67. The molecule has 1 N–H and O–H groups in total. The summed E-state index contributed by atoms with van der Waals surface area (Å²) in [5, 5.41) is 3.49. The summed E-state index contributed by atoms with van der Waals surface area (Å²) in [5.74, 6) is 0.283. The molecule has 1 aliphatic carbocycles. The molecule has 5 heteroatoms. The molecule has 1 atom stereocenters. The topological polar surface area (TPSA) is 50.8 Å². The van der Waals surface area contributed by atoms with Gasteiger partial charge in [-0.05, 0) is 45.2 Å². The maximum absolute atomic E-state index is 12.5. The molecule has 0 saturated heterocycles. The summed E-state index contributed by atoms with van der Waals surface area (Å²) in [6.45, 7) is 11.0. The maximum atomic E-state index is 12.5. The Balaban J connectivity index is 2.75. The highest BCUT2D eigenvalue weighted by Crippen LogP contribution is 2.41. The number of nitrogens with one attached hydrogen (secondary N) is 1. The summed E-state index contributed by atoms with van der Waals surface area (Å²) < 4.78 is 10.6. The van der Waals surface area contributed by atoms with Gasteiger partial charge >= 0.3 is 5.97 Å². The zero-order valence-electron chi connectivity index (χ0n) is 14.1. The van der Waals surface area contributed by atoms with Crippen molar-refractivity contribution in [1.29, 1.82) is 0 Å². The van der Waals surface area contributed by atoms with Crippen molar-refractivity contribution in [2.75, 3.05) is 46.5 Å². The van der Waals surface area contributed by atoms with E-state index in [0.717, 1.165) is 45.5 Å². The number of likely N-dealkylation sites (N-methyl/N-ethyl adjacent to an activating group) is 1. The van der Waals surface area contributed by atoms with E-state index in [1.165, 1.54) is 7.11 Å². The summed E-state index contributed by atoms with van der Waals surface area (Å²) in [5.41, 5.74) is -0.549. The molecule has 0 aromatic heterocycles. The highest BCUT2D eigenvalue weighted by molar-refractivity contribution is 5.82. The van der Waals surface area contributed by atoms with Gasteiger partial charge in [0.1, 0.15) is 5.54 Å². The Morgan fingerprint density at radius 3 is 2.52 bits per heavy atom. The summed E-state index contributed by atoms with van der Waals surface area (Å²) in [4.78, 5) is 14.7. The van der Waals surface area contributed by atoms with Gasteiger partial charge in [-0.2, -0.15) is 0 Å². The molecular weight excluding hydrogens is 268 g/mol. The van der Waals surface area contributed by atoms with Gasteiger partial charge in [0.15, 0.2) is 0 Å². The van der Waals surface area contributed by atoms with Crippen molar-refractivity contribution >= 4 is 5.97 Å². The fourth-order valence-electron chi connectivity index (χ4n) is 2.78. The summed E-state index contributed by atoms with van der Waals surface area (Å²) >= 11 is 0. The van der Waals surface area contributed by atoms with Gasteiger partial charge in [-0.25, -0.2) is 4.79 Å². The molecule has 0 spiro atoms. The Kier molecular flexibility index (Phi) is 8.22. The predicted molar refractivity (Wildman–Crippen MR) is 84.4 cm³/mol. The summed E-state index contributed by atoms with van der Waals surface area (Å²) in [6.07, 6.45) is 3.22. The van der Waals surface area contributed by atoms with Gasteiger partial charge in [0.25, 0.3) is 0 Å². The number of carbonyl (C=O) groups excluding carboxylic acids is 1. The van der Waals surface area contributed by atoms with Gasteiger partial charge in [-0.3, -0.25) is 4.90 Å². The van der Waals surface area contributed by atoms with E-state index in [2.05, 4.69) is 24.1 Å². The van der Waals surface area contributed by atoms with Crippen molar-refractivity contribution in [3.8, 4) is 0 Å². The lowest BCUT2D eigenvalue weighted by Crippen LogP contribution is -2.61. The molecule has 1 rings (SSSR count). The van der Waals surface area contributed by atoms with Crippen LogP contribution in [-0.4, -0.2) is 62.9 Å². The van der Waals surface area contributed by atoms with Crippen LogP contribution in [0.3, 0.4) is 0 Å². The summed E-state index contributed by atoms with van der Waals surface area (Å²) in [7, 11) is 1.49. The Morgan fingerprint density at radius 1 is 1.33 bits per heavy atom. The van der Waals surface area contributed by atoms with Crippen molar-refractivity contribution in [3.05, 3.63) is 0 Å². The zero-order valence-corrected chi connectivity index (χ0v) is 14.1. The minimum absolute atomic E-state index is 0.117. The third-order valence-electron chi connectivity index (χ3n) is 4.19. The van der Waals surface area contributed by atoms with Crippen LogP contribution in [0.15, 0.2) is 0 Å². The lowest BCUT2D eigenvalue weighted by atomic mass is 9.91. The van der Waals surface area contributed by atoms with Gasteiger partial charge in [0, 0.05) is 19.7 Å². The van der Waals surface area contributed by atoms with Crippen molar-refractivity contribution in [2.24, 2.45) is 5.92 Å². The van der Waals surface area contributed by atoms with Crippen LogP contribution in [0.1, 0.15) is 40.0 Å². The van der Waals surface area contributed by atoms with E-state index in [1.807, 2.05) is 6.92 Å². The second-order valence-electron chi connectivity index (χ2n) is 5.73. The van der Waals surface area contributed by atoms with Crippen molar-refractivity contribution in [3.63, 3.8) is 0 Å². The van der Waals surface area contributed by atoms with Crippen LogP contribution in [-0.2, 0) is 14.3 Å². The van der Waals surface area contributed by atoms with Gasteiger partial charge in [-0.1, -0.05) is 13.8 Å². The van der Waals surface area contributed by atoms with E-state index in [4.69, 9.17) is 9.47 Å². The van der Waals surface area contributed by atoms with Gasteiger partial charge in [0.05, 0.1) is 13.7 Å². The Labute approximate surface area is 129 Å². The minimum Gasteiger partial charge on any atom is -0.468 e. The molecule has 1 fully saturated rings. The molecule has 0 amide bonds. The number of nitrogens with zero attached hydrogens (tertiary/aromatic N) is 1. The SMILES string of the molecule is CCCNC(CN(CC)CCOCC)(C(=O)OC)C1CC1. The van der Waals surface area contributed by atoms with Crippen LogP contribution < -0.4 is 5.32 Å². The molecule has 0 aromatic rings. The quantitative estimate of drug-likeness (QED) is 0.439. The van der Waals surface area contributed by atoms with Crippen LogP contribution in [0.4, 0.5) is 0 Å². The number of hydrogen-bond acceptors (Lipinski definition) is 5. The maximum Gasteiger partial charge on any atom is 0.327 e. The van der Waals surface area contributed by atoms with Gasteiger partial charge in [0.2, 0.25) is 0 Å². The van der Waals surface area contributed by atoms with E-state index < -0.39 is 5.54 Å². The van der Waals surface area contributed by atoms with Crippen LogP contribution in [0.2, 0.25) is 0 Å². The fourth-order valence-corrected chi connectivity index (χ4v) is 2.78. The number of esters is 1. The first-order valence-electron chi connectivity index (χ1n) is 8.28. The van der Waals surface area contributed by atoms with E-state index >= 15 is 0 Å². The normalized spacial score (nSPS) is 17.8. The highest BCUT2D eigenvalue weighted by atomic mass is 16.5. The molecule has 21 heavy (non-hydrogen) atoms.